The van der Waals surface area contributed by atoms with Gasteiger partial charge in [0.25, 0.3) is 0 Å². The van der Waals surface area contributed by atoms with Crippen molar-refractivity contribution < 1.29 is 0 Å². The number of aliphatic imine (C=N–C) groups is 1. The molecule has 0 spiro atoms. The Morgan fingerprint density at radius 3 is 2.36 bits per heavy atom. The fourth-order valence-corrected chi connectivity index (χ4v) is 3.19. The van der Waals surface area contributed by atoms with Crippen molar-refractivity contribution in [2.24, 2.45) is 4.99 Å². The first-order chi connectivity index (χ1) is 12.3. The molecule has 0 radical (unpaired) electrons. The van der Waals surface area contributed by atoms with Crippen molar-refractivity contribution in [3.8, 4) is 0 Å². The molecule has 5 nitrogen and oxygen atoms in total. The Morgan fingerprint density at radius 2 is 1.68 bits per heavy atom. The maximum atomic E-state index is 4.29. The lowest BCUT2D eigenvalue weighted by Gasteiger charge is -2.15. The fraction of sp³-hybridized carbons (Fsp3) is 0.450. The Hall–Kier alpha value is -2.27. The largest absolute Gasteiger partial charge is 0.355 e. The summed E-state index contributed by atoms with van der Waals surface area (Å²) in [6.45, 7) is 6.13. The second-order valence-corrected chi connectivity index (χ2v) is 6.57. The molecule has 3 rings (SSSR count). The summed E-state index contributed by atoms with van der Waals surface area (Å²) < 4.78 is 2.15. The average molecular weight is 339 g/mol. The molecule has 0 atom stereocenters. The molecule has 0 saturated carbocycles. The standard InChI is InChI=1S/C20H29N5/c1-21-20(22-10-15-24-11-2-3-12-24)23-16-18-6-8-19(9-7-18)17-25-13-4-5-14-25/h2-3,6-9,11-12H,4-5,10,13-17H2,1H3,(H2,21,22,23). The van der Waals surface area contributed by atoms with Crippen LogP contribution in [0.4, 0.5) is 0 Å². The zero-order chi connectivity index (χ0) is 17.3. The highest BCUT2D eigenvalue weighted by Crippen LogP contribution is 2.13. The van der Waals surface area contributed by atoms with Gasteiger partial charge in [-0.3, -0.25) is 9.89 Å². The van der Waals surface area contributed by atoms with Gasteiger partial charge in [-0.2, -0.15) is 0 Å². The van der Waals surface area contributed by atoms with E-state index in [4.69, 9.17) is 0 Å². The van der Waals surface area contributed by atoms with E-state index in [0.29, 0.717) is 0 Å². The van der Waals surface area contributed by atoms with Crippen LogP contribution in [0.2, 0.25) is 0 Å². The lowest BCUT2D eigenvalue weighted by atomic mass is 10.1. The van der Waals surface area contributed by atoms with E-state index in [2.05, 4.69) is 61.8 Å². The Kier molecular flexibility index (Phi) is 6.51. The molecule has 1 aliphatic rings. The number of benzene rings is 1. The van der Waals surface area contributed by atoms with Crippen LogP contribution in [0.25, 0.3) is 0 Å². The van der Waals surface area contributed by atoms with Crippen LogP contribution in [0, 0.1) is 0 Å². The highest BCUT2D eigenvalue weighted by molar-refractivity contribution is 5.79. The van der Waals surface area contributed by atoms with Crippen molar-refractivity contribution in [1.82, 2.24) is 20.1 Å². The van der Waals surface area contributed by atoms with Crippen molar-refractivity contribution >= 4 is 5.96 Å². The molecule has 0 bridgehead atoms. The first-order valence-corrected chi connectivity index (χ1v) is 9.19. The molecule has 1 aromatic carbocycles. The Labute approximate surface area is 150 Å². The van der Waals surface area contributed by atoms with Crippen molar-refractivity contribution in [3.63, 3.8) is 0 Å². The van der Waals surface area contributed by atoms with Crippen molar-refractivity contribution in [1.29, 1.82) is 0 Å². The van der Waals surface area contributed by atoms with Gasteiger partial charge in [0.05, 0.1) is 0 Å². The number of aromatic nitrogens is 1. The smallest absolute Gasteiger partial charge is 0.191 e. The van der Waals surface area contributed by atoms with E-state index in [1.54, 1.807) is 0 Å². The van der Waals surface area contributed by atoms with Crippen LogP contribution in [0.3, 0.4) is 0 Å². The number of nitrogens with zero attached hydrogens (tertiary/aromatic N) is 3. The molecule has 1 aromatic heterocycles. The highest BCUT2D eigenvalue weighted by atomic mass is 15.2. The van der Waals surface area contributed by atoms with E-state index in [9.17, 15) is 0 Å². The van der Waals surface area contributed by atoms with Crippen molar-refractivity contribution in [3.05, 3.63) is 59.9 Å². The molecule has 2 N–H and O–H groups in total. The molecule has 134 valence electrons. The van der Waals surface area contributed by atoms with Crippen molar-refractivity contribution in [2.45, 2.75) is 32.5 Å². The van der Waals surface area contributed by atoms with Crippen LogP contribution in [0.1, 0.15) is 24.0 Å². The third-order valence-corrected chi connectivity index (χ3v) is 4.64. The van der Waals surface area contributed by atoms with Gasteiger partial charge in [-0.05, 0) is 49.2 Å². The molecule has 2 aromatic rings. The number of rotatable bonds is 7. The van der Waals surface area contributed by atoms with E-state index in [0.717, 1.165) is 32.1 Å². The Morgan fingerprint density at radius 1 is 1.00 bits per heavy atom. The summed E-state index contributed by atoms with van der Waals surface area (Å²) in [7, 11) is 1.81. The molecule has 0 amide bonds. The quantitative estimate of drug-likeness (QED) is 0.602. The zero-order valence-corrected chi connectivity index (χ0v) is 15.1. The van der Waals surface area contributed by atoms with Crippen LogP contribution >= 0.6 is 0 Å². The minimum Gasteiger partial charge on any atom is -0.355 e. The summed E-state index contributed by atoms with van der Waals surface area (Å²) in [6, 6.07) is 13.0. The molecular formula is C20H29N5. The van der Waals surface area contributed by atoms with E-state index >= 15 is 0 Å². The van der Waals surface area contributed by atoms with E-state index in [1.807, 2.05) is 19.2 Å². The van der Waals surface area contributed by atoms with Crippen molar-refractivity contribution in [2.75, 3.05) is 26.7 Å². The van der Waals surface area contributed by atoms with Gasteiger partial charge in [0.15, 0.2) is 5.96 Å². The molecule has 25 heavy (non-hydrogen) atoms. The third kappa shape index (κ3) is 5.64. The molecule has 1 fully saturated rings. The second kappa shape index (κ2) is 9.28. The van der Waals surface area contributed by atoms with Gasteiger partial charge < -0.3 is 15.2 Å². The van der Waals surface area contributed by atoms with E-state index < -0.39 is 0 Å². The second-order valence-electron chi connectivity index (χ2n) is 6.57. The van der Waals surface area contributed by atoms with E-state index in [-0.39, 0.29) is 0 Å². The fourth-order valence-electron chi connectivity index (χ4n) is 3.19. The van der Waals surface area contributed by atoms with E-state index in [1.165, 1.54) is 37.1 Å². The predicted molar refractivity (Wildman–Crippen MR) is 104 cm³/mol. The highest BCUT2D eigenvalue weighted by Gasteiger charge is 2.11. The molecule has 5 heteroatoms. The van der Waals surface area contributed by atoms with Gasteiger partial charge in [0.1, 0.15) is 0 Å². The number of nitrogens with one attached hydrogen (secondary N) is 2. The average Bonchev–Trinajstić information content (AvgIpc) is 3.33. The molecule has 0 aliphatic carbocycles. The molecule has 0 unspecified atom stereocenters. The lowest BCUT2D eigenvalue weighted by Crippen LogP contribution is -2.38. The minimum absolute atomic E-state index is 0.785. The number of guanidine groups is 1. The topological polar surface area (TPSA) is 44.6 Å². The predicted octanol–water partition coefficient (Wildman–Crippen LogP) is 2.45. The Balaban J connectivity index is 1.40. The number of hydrogen-bond donors (Lipinski definition) is 2. The molecule has 1 saturated heterocycles. The minimum atomic E-state index is 0.785. The summed E-state index contributed by atoms with van der Waals surface area (Å²) in [5.41, 5.74) is 2.68. The van der Waals surface area contributed by atoms with Gasteiger partial charge in [-0.25, -0.2) is 0 Å². The SMILES string of the molecule is CN=C(NCCn1cccc1)NCc1ccc(CN2CCCC2)cc1. The first-order valence-electron chi connectivity index (χ1n) is 9.19. The van der Waals surface area contributed by atoms with Crippen LogP contribution < -0.4 is 10.6 Å². The Bertz CT molecular complexity index is 639. The summed E-state index contributed by atoms with van der Waals surface area (Å²) in [5.74, 6) is 0.841. The summed E-state index contributed by atoms with van der Waals surface area (Å²) in [6.07, 6.45) is 6.83. The zero-order valence-electron chi connectivity index (χ0n) is 15.1. The maximum absolute atomic E-state index is 4.29. The van der Waals surface area contributed by atoms with Gasteiger partial charge >= 0.3 is 0 Å². The van der Waals surface area contributed by atoms with Crippen LogP contribution in [-0.4, -0.2) is 42.1 Å². The van der Waals surface area contributed by atoms with Crippen LogP contribution in [0.5, 0.6) is 0 Å². The summed E-state index contributed by atoms with van der Waals surface area (Å²) in [4.78, 5) is 6.82. The summed E-state index contributed by atoms with van der Waals surface area (Å²) in [5, 5.41) is 6.73. The third-order valence-electron chi connectivity index (χ3n) is 4.64. The van der Waals surface area contributed by atoms with Crippen LogP contribution in [0.15, 0.2) is 53.8 Å². The van der Waals surface area contributed by atoms with Gasteiger partial charge in [0.2, 0.25) is 0 Å². The maximum Gasteiger partial charge on any atom is 0.191 e. The number of likely N-dealkylation sites (tertiary alicyclic amines) is 1. The van der Waals surface area contributed by atoms with Gasteiger partial charge in [0, 0.05) is 45.6 Å². The van der Waals surface area contributed by atoms with Crippen LogP contribution in [-0.2, 0) is 19.6 Å². The van der Waals surface area contributed by atoms with Gasteiger partial charge in [-0.1, -0.05) is 24.3 Å². The molecular weight excluding hydrogens is 310 g/mol. The molecule has 2 heterocycles. The molecule has 1 aliphatic heterocycles. The monoisotopic (exact) mass is 339 g/mol. The first kappa shape index (κ1) is 17.5. The normalized spacial score (nSPS) is 15.5. The van der Waals surface area contributed by atoms with Gasteiger partial charge in [-0.15, -0.1) is 0 Å². The summed E-state index contributed by atoms with van der Waals surface area (Å²) >= 11 is 0. The lowest BCUT2D eigenvalue weighted by molar-refractivity contribution is 0.331. The number of hydrogen-bond acceptors (Lipinski definition) is 2.